The lowest BCUT2D eigenvalue weighted by Gasteiger charge is -2.28. The molecule has 0 bridgehead atoms. The van der Waals surface area contributed by atoms with Crippen LogP contribution >= 0.6 is 0 Å². The fourth-order valence-electron chi connectivity index (χ4n) is 4.61. The molecule has 0 aromatic heterocycles. The highest BCUT2D eigenvalue weighted by atomic mass is 16.5. The van der Waals surface area contributed by atoms with Crippen LogP contribution in [0.15, 0.2) is 36.4 Å². The maximum absolute atomic E-state index is 12.6. The summed E-state index contributed by atoms with van der Waals surface area (Å²) in [5.74, 6) is -6.06. The lowest BCUT2D eigenvalue weighted by atomic mass is 9.77. The van der Waals surface area contributed by atoms with Gasteiger partial charge in [0.2, 0.25) is 11.8 Å². The molecular formula is C20H18N2O7. The number of rotatable bonds is 5. The first-order chi connectivity index (χ1) is 13.8. The van der Waals surface area contributed by atoms with Crippen molar-refractivity contribution in [1.29, 1.82) is 0 Å². The fraction of sp³-hybridized carbons (Fsp3) is 0.300. The third-order valence-electron chi connectivity index (χ3n) is 5.78. The van der Waals surface area contributed by atoms with Gasteiger partial charge in [-0.1, -0.05) is 30.3 Å². The van der Waals surface area contributed by atoms with Gasteiger partial charge in [0.15, 0.2) is 0 Å². The second-order valence-corrected chi connectivity index (χ2v) is 7.23. The highest BCUT2D eigenvalue weighted by molar-refractivity contribution is 6.10. The minimum Gasteiger partial charge on any atom is -0.496 e. The summed E-state index contributed by atoms with van der Waals surface area (Å²) in [6, 6.07) is 9.77. The zero-order valence-corrected chi connectivity index (χ0v) is 15.3. The van der Waals surface area contributed by atoms with Gasteiger partial charge in [0.05, 0.1) is 25.4 Å². The number of amides is 2. The number of methoxy groups -OCH3 is 1. The van der Waals surface area contributed by atoms with E-state index in [0.717, 1.165) is 5.39 Å². The van der Waals surface area contributed by atoms with Crippen LogP contribution in [0.3, 0.4) is 0 Å². The van der Waals surface area contributed by atoms with Crippen molar-refractivity contribution in [1.82, 2.24) is 10.6 Å². The summed E-state index contributed by atoms with van der Waals surface area (Å²) in [7, 11) is 1.52. The highest BCUT2D eigenvalue weighted by Gasteiger charge is 2.67. The monoisotopic (exact) mass is 398 g/mol. The normalized spacial score (nSPS) is 28.2. The van der Waals surface area contributed by atoms with Crippen LogP contribution in [0, 0.1) is 11.8 Å². The Labute approximate surface area is 164 Å². The molecule has 2 amide bonds. The van der Waals surface area contributed by atoms with Gasteiger partial charge in [-0.05, 0) is 17.0 Å². The van der Waals surface area contributed by atoms with Gasteiger partial charge in [-0.3, -0.25) is 29.8 Å². The van der Waals surface area contributed by atoms with E-state index < -0.39 is 53.6 Å². The molecule has 4 rings (SSSR count). The summed E-state index contributed by atoms with van der Waals surface area (Å²) in [5, 5.41) is 25.7. The Hall–Kier alpha value is -3.46. The molecule has 0 spiro atoms. The average molecular weight is 398 g/mol. The SMILES string of the molecule is COc1ccc(C2NC(CC(=O)O)(C(=O)O)C3C(=O)NC(=O)C23)c2ccccc12. The Morgan fingerprint density at radius 1 is 1.07 bits per heavy atom. The number of hydrogen-bond donors (Lipinski definition) is 4. The zero-order chi connectivity index (χ0) is 20.9. The number of carboxylic acids is 2. The number of imide groups is 1. The molecule has 4 N–H and O–H groups in total. The summed E-state index contributed by atoms with van der Waals surface area (Å²) in [4.78, 5) is 48.6. The fourth-order valence-corrected chi connectivity index (χ4v) is 4.61. The van der Waals surface area contributed by atoms with Crippen molar-refractivity contribution in [2.75, 3.05) is 7.11 Å². The molecule has 4 atom stereocenters. The van der Waals surface area contributed by atoms with E-state index in [1.165, 1.54) is 7.11 Å². The van der Waals surface area contributed by atoms with Crippen molar-refractivity contribution in [2.45, 2.75) is 18.0 Å². The molecule has 2 aromatic carbocycles. The summed E-state index contributed by atoms with van der Waals surface area (Å²) < 4.78 is 5.38. The van der Waals surface area contributed by atoms with E-state index in [-0.39, 0.29) is 0 Å². The summed E-state index contributed by atoms with van der Waals surface area (Å²) >= 11 is 0. The standard InChI is InChI=1S/C20H18N2O7/c1-29-12-7-6-11(9-4-2-3-5-10(9)12)16-14-15(18(26)21-17(14)25)20(22-16,19(27)28)8-13(23)24/h2-7,14-16,22H,8H2,1H3,(H,23,24)(H,27,28)(H,21,25,26). The van der Waals surface area contributed by atoms with E-state index in [1.807, 2.05) is 12.1 Å². The van der Waals surface area contributed by atoms with Crippen LogP contribution in [0.5, 0.6) is 5.75 Å². The van der Waals surface area contributed by atoms with Crippen molar-refractivity contribution in [2.24, 2.45) is 11.8 Å². The number of nitrogens with one attached hydrogen (secondary N) is 2. The molecule has 2 aliphatic rings. The van der Waals surface area contributed by atoms with Gasteiger partial charge in [-0.2, -0.15) is 0 Å². The molecule has 2 saturated heterocycles. The minimum absolute atomic E-state index is 0.592. The van der Waals surface area contributed by atoms with Crippen LogP contribution in [0.1, 0.15) is 18.0 Å². The number of ether oxygens (including phenoxy) is 1. The summed E-state index contributed by atoms with van der Waals surface area (Å²) in [5.41, 5.74) is -1.51. The lowest BCUT2D eigenvalue weighted by Crippen LogP contribution is -2.56. The minimum atomic E-state index is -2.10. The predicted octanol–water partition coefficient (Wildman–Crippen LogP) is 0.680. The number of benzene rings is 2. The van der Waals surface area contributed by atoms with E-state index >= 15 is 0 Å². The first-order valence-corrected chi connectivity index (χ1v) is 8.93. The molecule has 2 heterocycles. The molecule has 2 fully saturated rings. The van der Waals surface area contributed by atoms with E-state index in [1.54, 1.807) is 24.3 Å². The smallest absolute Gasteiger partial charge is 0.325 e. The predicted molar refractivity (Wildman–Crippen MR) is 99.1 cm³/mol. The zero-order valence-electron chi connectivity index (χ0n) is 15.3. The molecule has 2 aromatic rings. The van der Waals surface area contributed by atoms with Crippen molar-refractivity contribution in [3.05, 3.63) is 42.0 Å². The van der Waals surface area contributed by atoms with Gasteiger partial charge < -0.3 is 14.9 Å². The molecule has 9 heteroatoms. The maximum Gasteiger partial charge on any atom is 0.325 e. The third kappa shape index (κ3) is 2.65. The Morgan fingerprint density at radius 2 is 1.76 bits per heavy atom. The average Bonchev–Trinajstić information content (AvgIpc) is 3.17. The van der Waals surface area contributed by atoms with Crippen molar-refractivity contribution >= 4 is 34.5 Å². The van der Waals surface area contributed by atoms with Gasteiger partial charge in [0.1, 0.15) is 11.3 Å². The molecule has 29 heavy (non-hydrogen) atoms. The second-order valence-electron chi connectivity index (χ2n) is 7.23. The Morgan fingerprint density at radius 3 is 2.38 bits per heavy atom. The lowest BCUT2D eigenvalue weighted by molar-refractivity contribution is -0.154. The van der Waals surface area contributed by atoms with E-state index in [9.17, 15) is 29.4 Å². The van der Waals surface area contributed by atoms with Crippen LogP contribution in [0.2, 0.25) is 0 Å². The van der Waals surface area contributed by atoms with Crippen LogP contribution in [-0.2, 0) is 19.2 Å². The Kier molecular flexibility index (Phi) is 4.27. The number of fused-ring (bicyclic) bond motifs is 2. The number of carbonyl (C=O) groups is 4. The van der Waals surface area contributed by atoms with Gasteiger partial charge in [-0.25, -0.2) is 0 Å². The largest absolute Gasteiger partial charge is 0.496 e. The first-order valence-electron chi connectivity index (χ1n) is 8.93. The van der Waals surface area contributed by atoms with E-state index in [2.05, 4.69) is 10.6 Å². The van der Waals surface area contributed by atoms with Crippen molar-refractivity contribution in [3.8, 4) is 5.75 Å². The molecule has 2 aliphatic heterocycles. The first kappa shape index (κ1) is 18.9. The molecule has 0 aliphatic carbocycles. The highest BCUT2D eigenvalue weighted by Crippen LogP contribution is 2.49. The topological polar surface area (TPSA) is 142 Å². The number of aliphatic carboxylic acids is 2. The summed E-state index contributed by atoms with van der Waals surface area (Å²) in [6.45, 7) is 0. The quantitative estimate of drug-likeness (QED) is 0.539. The van der Waals surface area contributed by atoms with Crippen molar-refractivity contribution < 1.29 is 34.1 Å². The van der Waals surface area contributed by atoms with Crippen LogP contribution < -0.4 is 15.4 Å². The van der Waals surface area contributed by atoms with Gasteiger partial charge in [0, 0.05) is 11.4 Å². The molecule has 150 valence electrons. The van der Waals surface area contributed by atoms with Crippen LogP contribution in [0.4, 0.5) is 0 Å². The Balaban J connectivity index is 1.93. The number of carboxylic acid groups (broad SMARTS) is 2. The van der Waals surface area contributed by atoms with Crippen LogP contribution in [0.25, 0.3) is 10.8 Å². The van der Waals surface area contributed by atoms with Crippen molar-refractivity contribution in [3.63, 3.8) is 0 Å². The molecule has 0 saturated carbocycles. The second kappa shape index (κ2) is 6.56. The van der Waals surface area contributed by atoms with E-state index in [4.69, 9.17) is 4.74 Å². The third-order valence-corrected chi connectivity index (χ3v) is 5.78. The molecule has 9 nitrogen and oxygen atoms in total. The molecule has 4 unspecified atom stereocenters. The Bertz CT molecular complexity index is 1070. The molecular weight excluding hydrogens is 380 g/mol. The van der Waals surface area contributed by atoms with Gasteiger partial charge >= 0.3 is 11.9 Å². The van der Waals surface area contributed by atoms with Crippen LogP contribution in [-0.4, -0.2) is 46.6 Å². The summed E-state index contributed by atoms with van der Waals surface area (Å²) in [6.07, 6.45) is -0.839. The number of carbonyl (C=O) groups excluding carboxylic acids is 2. The van der Waals surface area contributed by atoms with Gasteiger partial charge in [0.25, 0.3) is 0 Å². The number of hydrogen-bond acceptors (Lipinski definition) is 6. The molecule has 0 radical (unpaired) electrons. The van der Waals surface area contributed by atoms with E-state index in [0.29, 0.717) is 16.7 Å². The van der Waals surface area contributed by atoms with Gasteiger partial charge in [-0.15, -0.1) is 0 Å². The maximum atomic E-state index is 12.6.